The van der Waals surface area contributed by atoms with Gasteiger partial charge in [-0.2, -0.15) is 0 Å². The SMILES string of the molecule is C(=C\c1ccccc1-c1ccccc1)/c1ccccc1.[Cl-]. The zero-order valence-electron chi connectivity index (χ0n) is 11.6. The molecule has 1 heteroatoms. The maximum absolute atomic E-state index is 2.18. The molecule has 0 atom stereocenters. The van der Waals surface area contributed by atoms with Gasteiger partial charge in [0.05, 0.1) is 0 Å². The van der Waals surface area contributed by atoms with E-state index in [-0.39, 0.29) is 12.4 Å². The fraction of sp³-hybridized carbons (Fsp3) is 0. The van der Waals surface area contributed by atoms with Crippen LogP contribution in [0.15, 0.2) is 84.9 Å². The fourth-order valence-electron chi connectivity index (χ4n) is 2.27. The van der Waals surface area contributed by atoms with Crippen LogP contribution in [0.25, 0.3) is 23.3 Å². The second-order valence-electron chi connectivity index (χ2n) is 4.70. The third-order valence-electron chi connectivity index (χ3n) is 3.30. The summed E-state index contributed by atoms with van der Waals surface area (Å²) < 4.78 is 0. The Kier molecular flexibility index (Phi) is 5.36. The predicted octanol–water partition coefficient (Wildman–Crippen LogP) is 2.53. The molecule has 104 valence electrons. The van der Waals surface area contributed by atoms with Gasteiger partial charge in [0, 0.05) is 0 Å². The van der Waals surface area contributed by atoms with E-state index in [0.717, 1.165) is 0 Å². The number of hydrogen-bond donors (Lipinski definition) is 0. The zero-order valence-corrected chi connectivity index (χ0v) is 12.4. The highest BCUT2D eigenvalue weighted by Crippen LogP contribution is 2.24. The van der Waals surface area contributed by atoms with Gasteiger partial charge in [0.2, 0.25) is 0 Å². The third kappa shape index (κ3) is 3.84. The predicted molar refractivity (Wildman–Crippen MR) is 87.2 cm³/mol. The smallest absolute Gasteiger partial charge is 0.0111 e. The fourth-order valence-corrected chi connectivity index (χ4v) is 2.27. The molecule has 0 radical (unpaired) electrons. The van der Waals surface area contributed by atoms with Gasteiger partial charge in [0.1, 0.15) is 0 Å². The first-order valence-electron chi connectivity index (χ1n) is 6.81. The molecular formula is C20H16Cl-. The minimum atomic E-state index is 0. The summed E-state index contributed by atoms with van der Waals surface area (Å²) in [5, 5.41) is 0. The monoisotopic (exact) mass is 291 g/mol. The first-order chi connectivity index (χ1) is 9.93. The summed E-state index contributed by atoms with van der Waals surface area (Å²) in [4.78, 5) is 0. The third-order valence-corrected chi connectivity index (χ3v) is 3.30. The highest BCUT2D eigenvalue weighted by Gasteiger charge is 2.00. The van der Waals surface area contributed by atoms with Crippen LogP contribution in [-0.2, 0) is 0 Å². The molecule has 0 bridgehead atoms. The van der Waals surface area contributed by atoms with Crippen molar-refractivity contribution < 1.29 is 12.4 Å². The van der Waals surface area contributed by atoms with E-state index in [4.69, 9.17) is 0 Å². The van der Waals surface area contributed by atoms with E-state index in [9.17, 15) is 0 Å². The van der Waals surface area contributed by atoms with Gasteiger partial charge in [0.25, 0.3) is 0 Å². The van der Waals surface area contributed by atoms with Crippen LogP contribution in [0.2, 0.25) is 0 Å². The highest BCUT2D eigenvalue weighted by atomic mass is 35.5. The molecule has 0 fully saturated rings. The highest BCUT2D eigenvalue weighted by molar-refractivity contribution is 5.80. The maximum atomic E-state index is 2.18. The van der Waals surface area contributed by atoms with Crippen molar-refractivity contribution in [2.24, 2.45) is 0 Å². The Labute approximate surface area is 132 Å². The normalized spacial score (nSPS) is 10.3. The molecule has 0 aliphatic heterocycles. The van der Waals surface area contributed by atoms with Crippen LogP contribution in [0.3, 0.4) is 0 Å². The topological polar surface area (TPSA) is 0 Å². The molecule has 0 amide bonds. The zero-order chi connectivity index (χ0) is 13.6. The molecule has 3 aromatic carbocycles. The first kappa shape index (κ1) is 15.1. The molecule has 0 aliphatic rings. The summed E-state index contributed by atoms with van der Waals surface area (Å²) in [7, 11) is 0. The van der Waals surface area contributed by atoms with Gasteiger partial charge >= 0.3 is 0 Å². The Morgan fingerprint density at radius 3 is 1.81 bits per heavy atom. The molecule has 0 spiro atoms. The minimum absolute atomic E-state index is 0. The van der Waals surface area contributed by atoms with E-state index in [1.165, 1.54) is 22.3 Å². The van der Waals surface area contributed by atoms with Gasteiger partial charge in [0.15, 0.2) is 0 Å². The average molecular weight is 292 g/mol. The molecule has 0 aliphatic carbocycles. The molecule has 0 N–H and O–H groups in total. The lowest BCUT2D eigenvalue weighted by molar-refractivity contribution is -0.00000378. The summed E-state index contributed by atoms with van der Waals surface area (Å²) in [6, 6.07) is 29.4. The van der Waals surface area contributed by atoms with Crippen LogP contribution in [-0.4, -0.2) is 0 Å². The Morgan fingerprint density at radius 2 is 1.10 bits per heavy atom. The van der Waals surface area contributed by atoms with Crippen LogP contribution in [0, 0.1) is 0 Å². The van der Waals surface area contributed by atoms with Crippen molar-refractivity contribution in [1.29, 1.82) is 0 Å². The summed E-state index contributed by atoms with van der Waals surface area (Å²) in [5.41, 5.74) is 4.97. The van der Waals surface area contributed by atoms with Crippen LogP contribution >= 0.6 is 0 Å². The summed E-state index contributed by atoms with van der Waals surface area (Å²) in [6.07, 6.45) is 4.33. The lowest BCUT2D eigenvalue weighted by atomic mass is 9.99. The van der Waals surface area contributed by atoms with E-state index >= 15 is 0 Å². The van der Waals surface area contributed by atoms with Gasteiger partial charge in [-0.05, 0) is 22.3 Å². The Bertz CT molecular complexity index is 700. The van der Waals surface area contributed by atoms with Crippen LogP contribution in [0.4, 0.5) is 0 Å². The van der Waals surface area contributed by atoms with Crippen molar-refractivity contribution in [3.63, 3.8) is 0 Å². The summed E-state index contributed by atoms with van der Waals surface area (Å²) in [5.74, 6) is 0. The second-order valence-corrected chi connectivity index (χ2v) is 4.70. The van der Waals surface area contributed by atoms with Gasteiger partial charge in [-0.3, -0.25) is 0 Å². The van der Waals surface area contributed by atoms with E-state index in [2.05, 4.69) is 84.9 Å². The van der Waals surface area contributed by atoms with Crippen molar-refractivity contribution in [3.05, 3.63) is 96.1 Å². The summed E-state index contributed by atoms with van der Waals surface area (Å²) in [6.45, 7) is 0. The van der Waals surface area contributed by atoms with Gasteiger partial charge in [-0.15, -0.1) is 0 Å². The van der Waals surface area contributed by atoms with Crippen LogP contribution in [0.5, 0.6) is 0 Å². The van der Waals surface area contributed by atoms with Crippen molar-refractivity contribution >= 4 is 12.2 Å². The number of rotatable bonds is 3. The molecule has 0 saturated heterocycles. The number of benzene rings is 3. The molecular weight excluding hydrogens is 276 g/mol. The quantitative estimate of drug-likeness (QED) is 0.651. The minimum Gasteiger partial charge on any atom is -1.00 e. The molecule has 0 nitrogen and oxygen atoms in total. The van der Waals surface area contributed by atoms with Crippen molar-refractivity contribution in [2.75, 3.05) is 0 Å². The van der Waals surface area contributed by atoms with E-state index in [1.807, 2.05) is 12.1 Å². The number of halogens is 1. The Morgan fingerprint density at radius 1 is 0.524 bits per heavy atom. The molecule has 0 aromatic heterocycles. The van der Waals surface area contributed by atoms with Gasteiger partial charge in [-0.25, -0.2) is 0 Å². The number of hydrogen-bond acceptors (Lipinski definition) is 0. The van der Waals surface area contributed by atoms with Crippen molar-refractivity contribution in [1.82, 2.24) is 0 Å². The molecule has 0 saturated carbocycles. The Balaban J connectivity index is 0.00000161. The molecule has 21 heavy (non-hydrogen) atoms. The first-order valence-corrected chi connectivity index (χ1v) is 6.81. The lowest BCUT2D eigenvalue weighted by Crippen LogP contribution is -3.00. The molecule has 3 aromatic rings. The average Bonchev–Trinajstić information content (AvgIpc) is 2.55. The van der Waals surface area contributed by atoms with Crippen molar-refractivity contribution in [2.45, 2.75) is 0 Å². The van der Waals surface area contributed by atoms with E-state index in [0.29, 0.717) is 0 Å². The van der Waals surface area contributed by atoms with Gasteiger partial charge in [-0.1, -0.05) is 97.1 Å². The molecule has 0 unspecified atom stereocenters. The Hall–Kier alpha value is -2.31. The second kappa shape index (κ2) is 7.47. The van der Waals surface area contributed by atoms with Crippen LogP contribution in [0.1, 0.15) is 11.1 Å². The van der Waals surface area contributed by atoms with Crippen molar-refractivity contribution in [3.8, 4) is 11.1 Å². The molecule has 3 rings (SSSR count). The van der Waals surface area contributed by atoms with Crippen LogP contribution < -0.4 is 12.4 Å². The summed E-state index contributed by atoms with van der Waals surface area (Å²) >= 11 is 0. The van der Waals surface area contributed by atoms with E-state index in [1.54, 1.807) is 0 Å². The van der Waals surface area contributed by atoms with E-state index < -0.39 is 0 Å². The molecule has 0 heterocycles. The largest absolute Gasteiger partial charge is 1.00 e. The van der Waals surface area contributed by atoms with Gasteiger partial charge < -0.3 is 12.4 Å². The standard InChI is InChI=1S/C20H16.ClH/c1-3-9-17(10-4-1)15-16-19-13-7-8-14-20(19)18-11-5-2-6-12-18;/h1-16H;1H/p-1/b16-15+;. The maximum Gasteiger partial charge on any atom is -0.0111 e. The lowest BCUT2D eigenvalue weighted by Gasteiger charge is -2.06.